The highest BCUT2D eigenvalue weighted by Crippen LogP contribution is 2.66. The largest absolute Gasteiger partial charge is 0.393 e. The molecule has 2 heteroatoms. The second-order valence-electron chi connectivity index (χ2n) is 10.0. The molecule has 1 heterocycles. The molecule has 4 aliphatic rings. The van der Waals surface area contributed by atoms with E-state index in [1.165, 1.54) is 31.4 Å². The zero-order chi connectivity index (χ0) is 18.1. The molecule has 2 saturated carbocycles. The topological polar surface area (TPSA) is 25.2 Å². The van der Waals surface area contributed by atoms with E-state index in [1.807, 2.05) is 0 Å². The lowest BCUT2D eigenvalue weighted by molar-refractivity contribution is -0.0436. The third-order valence-electron chi connectivity index (χ3n) is 8.83. The van der Waals surface area contributed by atoms with E-state index in [9.17, 15) is 5.11 Å². The van der Waals surface area contributed by atoms with Crippen LogP contribution >= 0.6 is 0 Å². The van der Waals surface area contributed by atoms with E-state index in [1.54, 1.807) is 5.57 Å². The van der Waals surface area contributed by atoms with Gasteiger partial charge in [-0.1, -0.05) is 38.5 Å². The maximum Gasteiger partial charge on any atom is 0.0577 e. The minimum absolute atomic E-state index is 0.111. The molecular weight excluding hydrogens is 318 g/mol. The molecule has 0 bridgehead atoms. The molecule has 0 spiro atoms. The fourth-order valence-corrected chi connectivity index (χ4v) is 7.44. The maximum atomic E-state index is 10.2. The van der Waals surface area contributed by atoms with Gasteiger partial charge in [0.25, 0.3) is 0 Å². The Morgan fingerprint density at radius 1 is 1.04 bits per heavy atom. The highest BCUT2D eigenvalue weighted by molar-refractivity contribution is 5.57. The Morgan fingerprint density at radius 2 is 1.77 bits per heavy atom. The van der Waals surface area contributed by atoms with Crippen molar-refractivity contribution in [3.05, 3.63) is 42.3 Å². The van der Waals surface area contributed by atoms with Gasteiger partial charge in [0.05, 0.1) is 6.10 Å². The van der Waals surface area contributed by atoms with E-state index in [0.29, 0.717) is 16.7 Å². The summed E-state index contributed by atoms with van der Waals surface area (Å²) in [6.45, 7) is 7.50. The molecule has 0 unspecified atom stereocenters. The molecule has 1 N–H and O–H groups in total. The SMILES string of the molecule is C[C@H]1C=C2C[C@@H](O)CC[C@]2(C)[C@H]2CC[C@]3(C)C(n4cccc4)=CC[C@H]3[C@H]12. The number of rotatable bonds is 1. The van der Waals surface area contributed by atoms with Gasteiger partial charge in [-0.2, -0.15) is 0 Å². The van der Waals surface area contributed by atoms with Gasteiger partial charge in [-0.05, 0) is 79.7 Å². The molecular formula is C24H33NO. The number of aromatic nitrogens is 1. The fraction of sp³-hybridized carbons (Fsp3) is 0.667. The Balaban J connectivity index is 1.52. The van der Waals surface area contributed by atoms with Crippen molar-refractivity contribution >= 4 is 5.70 Å². The van der Waals surface area contributed by atoms with Crippen LogP contribution in [0.25, 0.3) is 5.70 Å². The number of aliphatic hydroxyl groups is 1. The van der Waals surface area contributed by atoms with Crippen LogP contribution in [0.1, 0.15) is 59.3 Å². The first-order valence-corrected chi connectivity index (χ1v) is 10.7. The van der Waals surface area contributed by atoms with Crippen LogP contribution in [0.3, 0.4) is 0 Å². The summed E-state index contributed by atoms with van der Waals surface area (Å²) in [6, 6.07) is 4.30. The fourth-order valence-electron chi connectivity index (χ4n) is 7.44. The highest BCUT2D eigenvalue weighted by atomic mass is 16.3. The predicted octanol–water partition coefficient (Wildman–Crippen LogP) is 5.51. The van der Waals surface area contributed by atoms with E-state index in [2.05, 4.69) is 62.0 Å². The van der Waals surface area contributed by atoms with Crippen molar-refractivity contribution in [1.82, 2.24) is 4.57 Å². The zero-order valence-corrected chi connectivity index (χ0v) is 16.5. The Hall–Kier alpha value is -1.28. The lowest BCUT2D eigenvalue weighted by atomic mass is 9.46. The maximum absolute atomic E-state index is 10.2. The molecule has 4 aliphatic carbocycles. The van der Waals surface area contributed by atoms with Gasteiger partial charge in [0.15, 0.2) is 0 Å². The van der Waals surface area contributed by atoms with Gasteiger partial charge >= 0.3 is 0 Å². The molecule has 26 heavy (non-hydrogen) atoms. The zero-order valence-electron chi connectivity index (χ0n) is 16.5. The van der Waals surface area contributed by atoms with Crippen LogP contribution in [-0.2, 0) is 0 Å². The van der Waals surface area contributed by atoms with Crippen molar-refractivity contribution in [3.63, 3.8) is 0 Å². The molecule has 0 aliphatic heterocycles. The van der Waals surface area contributed by atoms with Gasteiger partial charge < -0.3 is 9.67 Å². The van der Waals surface area contributed by atoms with Crippen LogP contribution in [0, 0.1) is 34.5 Å². The van der Waals surface area contributed by atoms with Crippen molar-refractivity contribution in [1.29, 1.82) is 0 Å². The van der Waals surface area contributed by atoms with E-state index in [0.717, 1.165) is 30.6 Å². The number of allylic oxidation sites excluding steroid dienone is 3. The second kappa shape index (κ2) is 5.61. The normalized spacial score (nSPS) is 47.5. The van der Waals surface area contributed by atoms with E-state index >= 15 is 0 Å². The summed E-state index contributed by atoms with van der Waals surface area (Å²) in [6.07, 6.45) is 16.4. The summed E-state index contributed by atoms with van der Waals surface area (Å²) < 4.78 is 2.37. The first-order chi connectivity index (χ1) is 12.4. The average molecular weight is 352 g/mol. The summed E-state index contributed by atoms with van der Waals surface area (Å²) >= 11 is 0. The van der Waals surface area contributed by atoms with E-state index in [4.69, 9.17) is 0 Å². The van der Waals surface area contributed by atoms with Crippen LogP contribution in [0.4, 0.5) is 0 Å². The first-order valence-electron chi connectivity index (χ1n) is 10.7. The number of hydrogen-bond acceptors (Lipinski definition) is 1. The molecule has 5 rings (SSSR count). The van der Waals surface area contributed by atoms with Crippen LogP contribution in [-0.4, -0.2) is 15.8 Å². The van der Waals surface area contributed by atoms with Crippen molar-refractivity contribution in [3.8, 4) is 0 Å². The number of fused-ring (bicyclic) bond motifs is 5. The molecule has 7 atom stereocenters. The molecule has 0 amide bonds. The smallest absolute Gasteiger partial charge is 0.0577 e. The number of aliphatic hydroxyl groups excluding tert-OH is 1. The van der Waals surface area contributed by atoms with Crippen LogP contribution in [0.2, 0.25) is 0 Å². The van der Waals surface area contributed by atoms with E-state index < -0.39 is 0 Å². The molecule has 1 aromatic rings. The van der Waals surface area contributed by atoms with Gasteiger partial charge in [0.2, 0.25) is 0 Å². The van der Waals surface area contributed by atoms with E-state index in [-0.39, 0.29) is 6.10 Å². The quantitative estimate of drug-likeness (QED) is 0.663. The van der Waals surface area contributed by atoms with Crippen LogP contribution in [0.5, 0.6) is 0 Å². The van der Waals surface area contributed by atoms with Crippen molar-refractivity contribution in [2.45, 2.75) is 65.4 Å². The molecule has 2 nitrogen and oxygen atoms in total. The monoisotopic (exact) mass is 351 g/mol. The summed E-state index contributed by atoms with van der Waals surface area (Å²) in [5.74, 6) is 2.97. The Kier molecular flexibility index (Phi) is 3.64. The number of hydrogen-bond donors (Lipinski definition) is 1. The van der Waals surface area contributed by atoms with Gasteiger partial charge in [0, 0.05) is 23.5 Å². The molecule has 2 fully saturated rings. The van der Waals surface area contributed by atoms with Crippen molar-refractivity contribution < 1.29 is 5.11 Å². The third kappa shape index (κ3) is 2.14. The highest BCUT2D eigenvalue weighted by Gasteiger charge is 2.58. The van der Waals surface area contributed by atoms with Gasteiger partial charge in [-0.3, -0.25) is 0 Å². The third-order valence-corrected chi connectivity index (χ3v) is 8.83. The summed E-state index contributed by atoms with van der Waals surface area (Å²) in [5.41, 5.74) is 3.75. The first kappa shape index (κ1) is 16.9. The van der Waals surface area contributed by atoms with Crippen LogP contribution in [0.15, 0.2) is 42.3 Å². The Bertz CT molecular complexity index is 759. The summed E-state index contributed by atoms with van der Waals surface area (Å²) in [5, 5.41) is 10.2. The lowest BCUT2D eigenvalue weighted by Crippen LogP contribution is -2.52. The molecule has 0 aromatic carbocycles. The average Bonchev–Trinajstić information content (AvgIpc) is 3.23. The molecule has 1 aromatic heterocycles. The predicted molar refractivity (Wildman–Crippen MR) is 106 cm³/mol. The molecule has 0 saturated heterocycles. The lowest BCUT2D eigenvalue weighted by Gasteiger charge is -2.59. The Morgan fingerprint density at radius 3 is 2.54 bits per heavy atom. The number of nitrogens with zero attached hydrogens (tertiary/aromatic N) is 1. The Labute approximate surface area is 158 Å². The molecule has 0 radical (unpaired) electrons. The van der Waals surface area contributed by atoms with Gasteiger partial charge in [-0.15, -0.1) is 0 Å². The summed E-state index contributed by atoms with van der Waals surface area (Å²) in [7, 11) is 0. The second-order valence-corrected chi connectivity index (χ2v) is 10.0. The van der Waals surface area contributed by atoms with Crippen LogP contribution < -0.4 is 0 Å². The van der Waals surface area contributed by atoms with Crippen molar-refractivity contribution in [2.24, 2.45) is 34.5 Å². The molecule has 140 valence electrons. The van der Waals surface area contributed by atoms with Gasteiger partial charge in [0.1, 0.15) is 0 Å². The standard InChI is InChI=1S/C24H33NO/c1-16-14-17-15-18(26)8-10-23(17,2)20-9-11-24(3)19(22(16)20)6-7-21(24)25-12-4-5-13-25/h4-5,7,12-14,16,18-20,22,26H,6,8-11,15H2,1-3H3/t16-,18-,19-,20-,22-,23-,24-/m0/s1. The minimum Gasteiger partial charge on any atom is -0.393 e. The minimum atomic E-state index is -0.111. The van der Waals surface area contributed by atoms with Crippen molar-refractivity contribution in [2.75, 3.05) is 0 Å². The van der Waals surface area contributed by atoms with Gasteiger partial charge in [-0.25, -0.2) is 0 Å². The summed E-state index contributed by atoms with van der Waals surface area (Å²) in [4.78, 5) is 0.